The number of anilines is 1. The largest absolute Gasteiger partial charge is 0.497 e. The second-order valence-corrected chi connectivity index (χ2v) is 7.46. The molecule has 0 spiro atoms. The van der Waals surface area contributed by atoms with E-state index in [0.29, 0.717) is 11.4 Å². The molecule has 144 valence electrons. The molecule has 0 aliphatic heterocycles. The molecule has 3 aromatic carbocycles. The molecule has 3 rings (SSSR count). The van der Waals surface area contributed by atoms with Crippen molar-refractivity contribution in [3.05, 3.63) is 83.9 Å². The molecule has 0 unspecified atom stereocenters. The normalized spacial score (nSPS) is 11.5. The molecular formula is C23H23NO3S. The number of aryl methyl sites for hydroxylation is 1. The number of methoxy groups -OCH3 is 2. The summed E-state index contributed by atoms with van der Waals surface area (Å²) in [7, 11) is 3.23. The van der Waals surface area contributed by atoms with Crippen LogP contribution in [0.25, 0.3) is 0 Å². The molecule has 1 atom stereocenters. The molecule has 0 aromatic heterocycles. The zero-order valence-electron chi connectivity index (χ0n) is 16.1. The molecule has 0 radical (unpaired) electrons. The number of nitrogens with one attached hydrogen (secondary N) is 1. The van der Waals surface area contributed by atoms with Crippen molar-refractivity contribution < 1.29 is 14.3 Å². The van der Waals surface area contributed by atoms with Crippen LogP contribution in [0.3, 0.4) is 0 Å². The number of hydrogen-bond donors (Lipinski definition) is 1. The Morgan fingerprint density at radius 2 is 1.64 bits per heavy atom. The maximum absolute atomic E-state index is 13.2. The van der Waals surface area contributed by atoms with E-state index < -0.39 is 5.25 Å². The van der Waals surface area contributed by atoms with Gasteiger partial charge in [-0.05, 0) is 54.4 Å². The molecule has 0 heterocycles. The van der Waals surface area contributed by atoms with Crippen molar-refractivity contribution in [3.8, 4) is 11.5 Å². The zero-order valence-corrected chi connectivity index (χ0v) is 17.0. The van der Waals surface area contributed by atoms with Gasteiger partial charge in [-0.15, -0.1) is 11.8 Å². The van der Waals surface area contributed by atoms with Gasteiger partial charge in [0.25, 0.3) is 0 Å². The smallest absolute Gasteiger partial charge is 0.242 e. The fourth-order valence-corrected chi connectivity index (χ4v) is 3.83. The summed E-state index contributed by atoms with van der Waals surface area (Å²) in [5.41, 5.74) is 2.66. The van der Waals surface area contributed by atoms with E-state index in [0.717, 1.165) is 21.8 Å². The van der Waals surface area contributed by atoms with Crippen molar-refractivity contribution in [2.45, 2.75) is 17.1 Å². The van der Waals surface area contributed by atoms with Gasteiger partial charge < -0.3 is 14.8 Å². The molecular weight excluding hydrogens is 370 g/mol. The Labute approximate surface area is 169 Å². The van der Waals surface area contributed by atoms with Crippen molar-refractivity contribution in [1.29, 1.82) is 0 Å². The highest BCUT2D eigenvalue weighted by Crippen LogP contribution is 2.37. The number of carbonyl (C=O) groups excluding carboxylic acids is 1. The van der Waals surface area contributed by atoms with Gasteiger partial charge in [-0.2, -0.15) is 0 Å². The maximum atomic E-state index is 13.2. The van der Waals surface area contributed by atoms with Crippen LogP contribution in [0.1, 0.15) is 16.4 Å². The number of ether oxygens (including phenoxy) is 2. The van der Waals surface area contributed by atoms with Gasteiger partial charge >= 0.3 is 0 Å². The zero-order chi connectivity index (χ0) is 19.9. The number of benzene rings is 3. The van der Waals surface area contributed by atoms with Crippen LogP contribution in [0.2, 0.25) is 0 Å². The van der Waals surface area contributed by atoms with Gasteiger partial charge in [-0.25, -0.2) is 0 Å². The molecule has 3 aromatic rings. The van der Waals surface area contributed by atoms with E-state index in [-0.39, 0.29) is 5.91 Å². The summed E-state index contributed by atoms with van der Waals surface area (Å²) >= 11 is 1.50. The average molecular weight is 394 g/mol. The minimum absolute atomic E-state index is 0.101. The predicted molar refractivity (Wildman–Crippen MR) is 114 cm³/mol. The fraction of sp³-hybridized carbons (Fsp3) is 0.174. The molecule has 5 heteroatoms. The molecule has 28 heavy (non-hydrogen) atoms. The van der Waals surface area contributed by atoms with Crippen molar-refractivity contribution in [2.75, 3.05) is 19.5 Å². The number of hydrogen-bond acceptors (Lipinski definition) is 4. The molecule has 4 nitrogen and oxygen atoms in total. The van der Waals surface area contributed by atoms with Crippen LogP contribution in [0.15, 0.2) is 77.7 Å². The summed E-state index contributed by atoms with van der Waals surface area (Å²) < 4.78 is 10.6. The van der Waals surface area contributed by atoms with E-state index in [2.05, 4.69) is 5.32 Å². The van der Waals surface area contributed by atoms with E-state index in [9.17, 15) is 4.79 Å². The third kappa shape index (κ3) is 4.87. The summed E-state index contributed by atoms with van der Waals surface area (Å²) in [6.45, 7) is 1.98. The van der Waals surface area contributed by atoms with Crippen molar-refractivity contribution in [3.63, 3.8) is 0 Å². The third-order valence-electron chi connectivity index (χ3n) is 4.27. The van der Waals surface area contributed by atoms with Gasteiger partial charge in [0.1, 0.15) is 16.7 Å². The molecule has 1 N–H and O–H groups in total. The second kappa shape index (κ2) is 9.33. The maximum Gasteiger partial charge on any atom is 0.242 e. The predicted octanol–water partition coefficient (Wildman–Crippen LogP) is 5.48. The lowest BCUT2D eigenvalue weighted by atomic mass is 10.1. The van der Waals surface area contributed by atoms with Gasteiger partial charge in [0, 0.05) is 4.90 Å². The van der Waals surface area contributed by atoms with Crippen LogP contribution in [0.4, 0.5) is 5.69 Å². The Balaban J connectivity index is 1.88. The van der Waals surface area contributed by atoms with Crippen LogP contribution in [0, 0.1) is 6.92 Å². The number of amides is 1. The number of thioether (sulfide) groups is 1. The van der Waals surface area contributed by atoms with Crippen molar-refractivity contribution in [1.82, 2.24) is 0 Å². The second-order valence-electron chi connectivity index (χ2n) is 6.28. The Hall–Kier alpha value is -2.92. The highest BCUT2D eigenvalue weighted by molar-refractivity contribution is 8.00. The molecule has 0 saturated heterocycles. The lowest BCUT2D eigenvalue weighted by Crippen LogP contribution is -2.19. The highest BCUT2D eigenvalue weighted by atomic mass is 32.2. The minimum atomic E-state index is -0.403. The topological polar surface area (TPSA) is 47.6 Å². The summed E-state index contributed by atoms with van der Waals surface area (Å²) in [4.78, 5) is 14.2. The highest BCUT2D eigenvalue weighted by Gasteiger charge is 2.23. The summed E-state index contributed by atoms with van der Waals surface area (Å²) in [5, 5.41) is 2.63. The first-order chi connectivity index (χ1) is 13.6. The monoisotopic (exact) mass is 393 g/mol. The third-order valence-corrected chi connectivity index (χ3v) is 5.53. The van der Waals surface area contributed by atoms with Crippen LogP contribution >= 0.6 is 11.8 Å². The number of carbonyl (C=O) groups is 1. The van der Waals surface area contributed by atoms with Crippen LogP contribution in [0.5, 0.6) is 11.5 Å². The molecule has 0 bridgehead atoms. The van der Waals surface area contributed by atoms with E-state index in [1.54, 1.807) is 14.2 Å². The summed E-state index contributed by atoms with van der Waals surface area (Å²) in [5.74, 6) is 1.32. The minimum Gasteiger partial charge on any atom is -0.497 e. The molecule has 0 aliphatic carbocycles. The van der Waals surface area contributed by atoms with Gasteiger partial charge in [0.2, 0.25) is 5.91 Å². The summed E-state index contributed by atoms with van der Waals surface area (Å²) in [6.07, 6.45) is 0. The molecule has 0 saturated carbocycles. The van der Waals surface area contributed by atoms with E-state index in [1.807, 2.05) is 79.7 Å². The first-order valence-corrected chi connectivity index (χ1v) is 9.80. The van der Waals surface area contributed by atoms with Crippen molar-refractivity contribution in [2.24, 2.45) is 0 Å². The fourth-order valence-electron chi connectivity index (χ4n) is 2.81. The average Bonchev–Trinajstić information content (AvgIpc) is 2.73. The van der Waals surface area contributed by atoms with Gasteiger partial charge in [-0.3, -0.25) is 4.79 Å². The standard InChI is InChI=1S/C23H23NO3S/c1-16-9-14-21(27-3)20(15-16)24-23(25)22(17-7-5-4-6-8-17)28-19-12-10-18(26-2)11-13-19/h4-15,22H,1-3H3,(H,24,25)/t22-/m1/s1. The molecule has 0 aliphatic rings. The van der Waals surface area contributed by atoms with E-state index in [1.165, 1.54) is 11.8 Å². The first kappa shape index (κ1) is 19.8. The quantitative estimate of drug-likeness (QED) is 0.540. The number of rotatable bonds is 7. The Bertz CT molecular complexity index is 926. The lowest BCUT2D eigenvalue weighted by molar-refractivity contribution is -0.115. The molecule has 1 amide bonds. The van der Waals surface area contributed by atoms with Crippen molar-refractivity contribution >= 4 is 23.4 Å². The van der Waals surface area contributed by atoms with Crippen LogP contribution in [-0.2, 0) is 4.79 Å². The van der Waals surface area contributed by atoms with E-state index in [4.69, 9.17) is 9.47 Å². The van der Waals surface area contributed by atoms with E-state index >= 15 is 0 Å². The van der Waals surface area contributed by atoms with Crippen LogP contribution in [-0.4, -0.2) is 20.1 Å². The SMILES string of the molecule is COc1ccc(S[C@@H](C(=O)Nc2cc(C)ccc2OC)c2ccccc2)cc1. The van der Waals surface area contributed by atoms with Crippen LogP contribution < -0.4 is 14.8 Å². The Morgan fingerprint density at radius 1 is 0.929 bits per heavy atom. The van der Waals surface area contributed by atoms with Gasteiger partial charge in [0.15, 0.2) is 0 Å². The Morgan fingerprint density at radius 3 is 2.29 bits per heavy atom. The van der Waals surface area contributed by atoms with Gasteiger partial charge in [-0.1, -0.05) is 36.4 Å². The summed E-state index contributed by atoms with van der Waals surface area (Å²) in [6, 6.07) is 23.2. The van der Waals surface area contributed by atoms with Gasteiger partial charge in [0.05, 0.1) is 19.9 Å². The Kier molecular flexibility index (Phi) is 6.61. The lowest BCUT2D eigenvalue weighted by Gasteiger charge is -2.18. The molecule has 0 fully saturated rings. The first-order valence-electron chi connectivity index (χ1n) is 8.92.